The van der Waals surface area contributed by atoms with Crippen LogP contribution in [0, 0.1) is 5.82 Å². The normalized spacial score (nSPS) is 10.4. The van der Waals surface area contributed by atoms with Gasteiger partial charge in [0.1, 0.15) is 23.1 Å². The van der Waals surface area contributed by atoms with Crippen LogP contribution >= 0.6 is 11.3 Å². The highest BCUT2D eigenvalue weighted by Crippen LogP contribution is 2.33. The van der Waals surface area contributed by atoms with Crippen molar-refractivity contribution in [3.63, 3.8) is 0 Å². The molecule has 0 aliphatic heterocycles. The average Bonchev–Trinajstić information content (AvgIpc) is 3.16. The summed E-state index contributed by atoms with van der Waals surface area (Å²) in [6, 6.07) is 9.47. The van der Waals surface area contributed by atoms with Crippen LogP contribution in [-0.4, -0.2) is 32.2 Å². The molecular weight excluding hydrogens is 383 g/mol. The lowest BCUT2D eigenvalue weighted by Gasteiger charge is -2.10. The van der Waals surface area contributed by atoms with Gasteiger partial charge in [-0.2, -0.15) is 0 Å². The molecule has 0 aliphatic rings. The number of hydrogen-bond donors (Lipinski definition) is 1. The molecule has 3 aromatic rings. The summed E-state index contributed by atoms with van der Waals surface area (Å²) in [6.07, 6.45) is 0.0958. The van der Waals surface area contributed by atoms with Gasteiger partial charge < -0.3 is 19.5 Å². The van der Waals surface area contributed by atoms with Crippen molar-refractivity contribution >= 4 is 22.4 Å². The third kappa shape index (κ3) is 4.40. The maximum absolute atomic E-state index is 13.6. The number of nitrogens with zero attached hydrogens (tertiary/aromatic N) is 1. The summed E-state index contributed by atoms with van der Waals surface area (Å²) in [7, 11) is 4.61. The molecule has 2 aromatic carbocycles. The fourth-order valence-electron chi connectivity index (χ4n) is 2.69. The van der Waals surface area contributed by atoms with Crippen LogP contribution in [0.2, 0.25) is 0 Å². The number of halogens is 1. The van der Waals surface area contributed by atoms with Crippen molar-refractivity contribution in [1.82, 2.24) is 4.98 Å². The van der Waals surface area contributed by atoms with Gasteiger partial charge in [0.15, 0.2) is 5.13 Å². The van der Waals surface area contributed by atoms with E-state index in [-0.39, 0.29) is 18.1 Å². The van der Waals surface area contributed by atoms with Crippen molar-refractivity contribution in [1.29, 1.82) is 0 Å². The van der Waals surface area contributed by atoms with E-state index in [9.17, 15) is 9.18 Å². The largest absolute Gasteiger partial charge is 0.497 e. The SMILES string of the molecule is COc1ccc(OC)c(CC(=O)Nc2nc(-c3cc(F)ccc3OC)cs2)c1. The number of anilines is 1. The minimum absolute atomic E-state index is 0.0958. The summed E-state index contributed by atoms with van der Waals surface area (Å²) in [6.45, 7) is 0. The predicted molar refractivity (Wildman–Crippen MR) is 106 cm³/mol. The number of hydrogen-bond acceptors (Lipinski definition) is 6. The van der Waals surface area contributed by atoms with Crippen LogP contribution in [0.5, 0.6) is 17.2 Å². The Morgan fingerprint density at radius 1 is 1.07 bits per heavy atom. The molecule has 28 heavy (non-hydrogen) atoms. The Balaban J connectivity index is 1.76. The van der Waals surface area contributed by atoms with Gasteiger partial charge in [-0.1, -0.05) is 0 Å². The van der Waals surface area contributed by atoms with E-state index in [1.165, 1.54) is 36.6 Å². The lowest BCUT2D eigenvalue weighted by atomic mass is 10.1. The molecule has 8 heteroatoms. The van der Waals surface area contributed by atoms with Crippen LogP contribution in [0.25, 0.3) is 11.3 Å². The molecule has 1 heterocycles. The van der Waals surface area contributed by atoms with E-state index in [4.69, 9.17) is 14.2 Å². The van der Waals surface area contributed by atoms with E-state index in [2.05, 4.69) is 10.3 Å². The molecule has 1 N–H and O–H groups in total. The Bertz CT molecular complexity index is 990. The van der Waals surface area contributed by atoms with Crippen molar-refractivity contribution in [3.8, 4) is 28.5 Å². The summed E-state index contributed by atoms with van der Waals surface area (Å²) in [5, 5.41) is 4.90. The summed E-state index contributed by atoms with van der Waals surface area (Å²) in [5.74, 6) is 1.10. The summed E-state index contributed by atoms with van der Waals surface area (Å²) < 4.78 is 29.3. The number of ether oxygens (including phenoxy) is 3. The molecular formula is C20H19FN2O4S. The zero-order valence-electron chi connectivity index (χ0n) is 15.6. The molecule has 0 fully saturated rings. The topological polar surface area (TPSA) is 69.7 Å². The minimum Gasteiger partial charge on any atom is -0.497 e. The van der Waals surface area contributed by atoms with Crippen LogP contribution in [-0.2, 0) is 11.2 Å². The van der Waals surface area contributed by atoms with Gasteiger partial charge >= 0.3 is 0 Å². The van der Waals surface area contributed by atoms with Crippen LogP contribution in [0.15, 0.2) is 41.8 Å². The highest BCUT2D eigenvalue weighted by atomic mass is 32.1. The molecule has 0 unspecified atom stereocenters. The lowest BCUT2D eigenvalue weighted by molar-refractivity contribution is -0.115. The van der Waals surface area contributed by atoms with Crippen molar-refractivity contribution in [2.75, 3.05) is 26.6 Å². The molecule has 6 nitrogen and oxygen atoms in total. The number of nitrogens with one attached hydrogen (secondary N) is 1. The first-order valence-electron chi connectivity index (χ1n) is 8.34. The van der Waals surface area contributed by atoms with Gasteiger partial charge in [0.2, 0.25) is 5.91 Å². The van der Waals surface area contributed by atoms with Gasteiger partial charge in [0, 0.05) is 16.5 Å². The van der Waals surface area contributed by atoms with E-state index in [1.807, 2.05) is 0 Å². The maximum atomic E-state index is 13.6. The van der Waals surface area contributed by atoms with Gasteiger partial charge in [0.05, 0.1) is 33.4 Å². The zero-order chi connectivity index (χ0) is 20.1. The van der Waals surface area contributed by atoms with E-state index < -0.39 is 0 Å². The Kier molecular flexibility index (Phi) is 6.10. The molecule has 1 amide bonds. The average molecular weight is 402 g/mol. The van der Waals surface area contributed by atoms with E-state index in [1.54, 1.807) is 37.8 Å². The van der Waals surface area contributed by atoms with Gasteiger partial charge in [-0.3, -0.25) is 4.79 Å². The molecule has 3 rings (SSSR count). The second kappa shape index (κ2) is 8.71. The number of aromatic nitrogens is 1. The molecule has 0 bridgehead atoms. The fourth-order valence-corrected chi connectivity index (χ4v) is 3.42. The number of carbonyl (C=O) groups is 1. The molecule has 146 valence electrons. The van der Waals surface area contributed by atoms with Crippen LogP contribution in [0.3, 0.4) is 0 Å². The molecule has 0 radical (unpaired) electrons. The first-order valence-corrected chi connectivity index (χ1v) is 9.22. The van der Waals surface area contributed by atoms with Crippen LogP contribution in [0.1, 0.15) is 5.56 Å². The quantitative estimate of drug-likeness (QED) is 0.643. The number of rotatable bonds is 7. The van der Waals surface area contributed by atoms with Gasteiger partial charge in [-0.05, 0) is 36.4 Å². The Morgan fingerprint density at radius 3 is 2.54 bits per heavy atom. The first kappa shape index (κ1) is 19.6. The Morgan fingerprint density at radius 2 is 1.82 bits per heavy atom. The molecule has 0 atom stereocenters. The highest BCUT2D eigenvalue weighted by Gasteiger charge is 2.15. The van der Waals surface area contributed by atoms with E-state index in [0.29, 0.717) is 39.2 Å². The second-order valence-corrected chi connectivity index (χ2v) is 6.64. The summed E-state index contributed by atoms with van der Waals surface area (Å²) in [5.41, 5.74) is 1.74. The summed E-state index contributed by atoms with van der Waals surface area (Å²) >= 11 is 1.25. The number of methoxy groups -OCH3 is 3. The number of benzene rings is 2. The van der Waals surface area contributed by atoms with Gasteiger partial charge in [0.25, 0.3) is 0 Å². The molecule has 0 aliphatic carbocycles. The third-order valence-corrected chi connectivity index (χ3v) is 4.78. The van der Waals surface area contributed by atoms with E-state index in [0.717, 1.165) is 0 Å². The number of thiazole rings is 1. The zero-order valence-corrected chi connectivity index (χ0v) is 16.4. The monoisotopic (exact) mass is 402 g/mol. The minimum atomic E-state index is -0.389. The van der Waals surface area contributed by atoms with Crippen molar-refractivity contribution in [3.05, 3.63) is 53.2 Å². The number of carbonyl (C=O) groups excluding carboxylic acids is 1. The third-order valence-electron chi connectivity index (χ3n) is 4.03. The molecule has 1 aromatic heterocycles. The second-order valence-electron chi connectivity index (χ2n) is 5.79. The fraction of sp³-hybridized carbons (Fsp3) is 0.200. The van der Waals surface area contributed by atoms with Crippen molar-refractivity contribution in [2.24, 2.45) is 0 Å². The van der Waals surface area contributed by atoms with E-state index >= 15 is 0 Å². The predicted octanol–water partition coefficient (Wildman–Crippen LogP) is 4.16. The smallest absolute Gasteiger partial charge is 0.230 e. The number of amides is 1. The molecule has 0 saturated heterocycles. The lowest BCUT2D eigenvalue weighted by Crippen LogP contribution is -2.14. The Hall–Kier alpha value is -3.13. The van der Waals surface area contributed by atoms with Gasteiger partial charge in [-0.25, -0.2) is 9.37 Å². The first-order chi connectivity index (χ1) is 13.5. The molecule has 0 saturated carbocycles. The maximum Gasteiger partial charge on any atom is 0.230 e. The Labute approximate surface area is 165 Å². The van der Waals surface area contributed by atoms with Crippen molar-refractivity contribution < 1.29 is 23.4 Å². The summed E-state index contributed by atoms with van der Waals surface area (Å²) in [4.78, 5) is 16.8. The molecule has 0 spiro atoms. The highest BCUT2D eigenvalue weighted by molar-refractivity contribution is 7.14. The van der Waals surface area contributed by atoms with Crippen LogP contribution in [0.4, 0.5) is 9.52 Å². The van der Waals surface area contributed by atoms with Crippen LogP contribution < -0.4 is 19.5 Å². The van der Waals surface area contributed by atoms with Gasteiger partial charge in [-0.15, -0.1) is 11.3 Å². The van der Waals surface area contributed by atoms with Crippen molar-refractivity contribution in [2.45, 2.75) is 6.42 Å². The standard InChI is InChI=1S/C20H19FN2O4S/c1-25-14-5-7-17(26-2)12(8-14)9-19(24)23-20-22-16(11-28-20)15-10-13(21)4-6-18(15)27-3/h4-8,10-11H,9H2,1-3H3,(H,22,23,24).